The molecule has 2 aliphatic heterocycles. The van der Waals surface area contributed by atoms with Crippen molar-refractivity contribution in [3.8, 4) is 5.75 Å². The molecule has 0 bridgehead atoms. The van der Waals surface area contributed by atoms with E-state index in [4.69, 9.17) is 4.74 Å². The number of carbonyl (C=O) groups excluding carboxylic acids is 2. The summed E-state index contributed by atoms with van der Waals surface area (Å²) >= 11 is 0. The molecule has 2 fully saturated rings. The number of hydrogen-bond donors (Lipinski definition) is 0. The maximum Gasteiger partial charge on any atom is 0.245 e. The molecule has 1 aromatic heterocycles. The molecule has 26 heavy (non-hydrogen) atoms. The molecular formula is C20H27N3O3. The summed E-state index contributed by atoms with van der Waals surface area (Å²) in [5.74, 6) is 1.10. The molecular weight excluding hydrogens is 330 g/mol. The zero-order valence-corrected chi connectivity index (χ0v) is 15.4. The molecule has 0 unspecified atom stereocenters. The predicted molar refractivity (Wildman–Crippen MR) is 98.7 cm³/mol. The lowest BCUT2D eigenvalue weighted by molar-refractivity contribution is -0.140. The number of rotatable bonds is 4. The Morgan fingerprint density at radius 3 is 2.42 bits per heavy atom. The van der Waals surface area contributed by atoms with Gasteiger partial charge in [-0.3, -0.25) is 14.6 Å². The van der Waals surface area contributed by atoms with E-state index in [0.717, 1.165) is 50.1 Å². The minimum absolute atomic E-state index is 0.0313. The Kier molecular flexibility index (Phi) is 5.91. The lowest BCUT2D eigenvalue weighted by Crippen LogP contribution is -2.47. The normalized spacial score (nSPS) is 19.3. The minimum Gasteiger partial charge on any atom is -0.490 e. The van der Waals surface area contributed by atoms with Crippen molar-refractivity contribution in [3.05, 3.63) is 36.7 Å². The van der Waals surface area contributed by atoms with Crippen LogP contribution in [0.4, 0.5) is 0 Å². The SMILES string of the molecule is C=CC(=O)N1CCC(C(=O)N2CCC(Oc3ccncc3C)CC2)CC1. The van der Waals surface area contributed by atoms with Crippen molar-refractivity contribution in [2.75, 3.05) is 26.2 Å². The monoisotopic (exact) mass is 357 g/mol. The molecule has 2 saturated heterocycles. The third-order valence-electron chi connectivity index (χ3n) is 5.35. The van der Waals surface area contributed by atoms with Crippen LogP contribution in [0.5, 0.6) is 5.75 Å². The molecule has 0 N–H and O–H groups in total. The van der Waals surface area contributed by atoms with Gasteiger partial charge < -0.3 is 14.5 Å². The van der Waals surface area contributed by atoms with Gasteiger partial charge in [-0.05, 0) is 31.9 Å². The van der Waals surface area contributed by atoms with Gasteiger partial charge in [-0.15, -0.1) is 0 Å². The average molecular weight is 357 g/mol. The number of piperidine rings is 2. The summed E-state index contributed by atoms with van der Waals surface area (Å²) in [5, 5.41) is 0. The first-order valence-corrected chi connectivity index (χ1v) is 9.36. The molecule has 3 rings (SSSR count). The van der Waals surface area contributed by atoms with Crippen molar-refractivity contribution in [3.63, 3.8) is 0 Å². The van der Waals surface area contributed by atoms with Gasteiger partial charge in [-0.25, -0.2) is 0 Å². The number of amides is 2. The number of ether oxygens (including phenoxy) is 1. The molecule has 0 spiro atoms. The third kappa shape index (κ3) is 4.23. The van der Waals surface area contributed by atoms with E-state index in [1.165, 1.54) is 6.08 Å². The first-order valence-electron chi connectivity index (χ1n) is 9.36. The zero-order chi connectivity index (χ0) is 18.5. The summed E-state index contributed by atoms with van der Waals surface area (Å²) in [6, 6.07) is 1.89. The molecule has 0 aliphatic carbocycles. The van der Waals surface area contributed by atoms with Gasteiger partial charge >= 0.3 is 0 Å². The van der Waals surface area contributed by atoms with Crippen molar-refractivity contribution < 1.29 is 14.3 Å². The maximum absolute atomic E-state index is 12.8. The van der Waals surface area contributed by atoms with E-state index in [1.807, 2.05) is 17.9 Å². The van der Waals surface area contributed by atoms with Gasteiger partial charge in [-0.2, -0.15) is 0 Å². The molecule has 6 heteroatoms. The van der Waals surface area contributed by atoms with Gasteiger partial charge in [0.05, 0.1) is 0 Å². The third-order valence-corrected chi connectivity index (χ3v) is 5.35. The van der Waals surface area contributed by atoms with Crippen LogP contribution in [0.2, 0.25) is 0 Å². The Morgan fingerprint density at radius 2 is 1.81 bits per heavy atom. The first-order chi connectivity index (χ1) is 12.6. The number of likely N-dealkylation sites (tertiary alicyclic amines) is 2. The van der Waals surface area contributed by atoms with E-state index < -0.39 is 0 Å². The van der Waals surface area contributed by atoms with Crippen LogP contribution in [-0.2, 0) is 9.59 Å². The van der Waals surface area contributed by atoms with Crippen LogP contribution >= 0.6 is 0 Å². The second kappa shape index (κ2) is 8.34. The highest BCUT2D eigenvalue weighted by Gasteiger charge is 2.32. The van der Waals surface area contributed by atoms with Gasteiger partial charge in [0, 0.05) is 62.9 Å². The molecule has 140 valence electrons. The Balaban J connectivity index is 1.46. The smallest absolute Gasteiger partial charge is 0.245 e. The Morgan fingerprint density at radius 1 is 1.15 bits per heavy atom. The second-order valence-electron chi connectivity index (χ2n) is 7.09. The number of nitrogens with zero attached hydrogens (tertiary/aromatic N) is 3. The summed E-state index contributed by atoms with van der Waals surface area (Å²) < 4.78 is 6.08. The van der Waals surface area contributed by atoms with Crippen LogP contribution in [0.3, 0.4) is 0 Å². The number of hydrogen-bond acceptors (Lipinski definition) is 4. The summed E-state index contributed by atoms with van der Waals surface area (Å²) in [5.41, 5.74) is 1.03. The predicted octanol–water partition coefficient (Wildman–Crippen LogP) is 2.18. The van der Waals surface area contributed by atoms with E-state index >= 15 is 0 Å². The molecule has 2 aliphatic rings. The summed E-state index contributed by atoms with van der Waals surface area (Å²) in [7, 11) is 0. The first kappa shape index (κ1) is 18.4. The topological polar surface area (TPSA) is 62.7 Å². The van der Waals surface area contributed by atoms with E-state index in [2.05, 4.69) is 11.6 Å². The molecule has 0 aromatic carbocycles. The molecule has 0 saturated carbocycles. The zero-order valence-electron chi connectivity index (χ0n) is 15.4. The van der Waals surface area contributed by atoms with Crippen molar-refractivity contribution in [2.24, 2.45) is 5.92 Å². The van der Waals surface area contributed by atoms with Crippen LogP contribution in [0, 0.1) is 12.8 Å². The number of aromatic nitrogens is 1. The summed E-state index contributed by atoms with van der Waals surface area (Å²) in [6.45, 7) is 8.27. The highest BCUT2D eigenvalue weighted by atomic mass is 16.5. The lowest BCUT2D eigenvalue weighted by atomic mass is 9.94. The maximum atomic E-state index is 12.8. The van der Waals surface area contributed by atoms with Gasteiger partial charge in [-0.1, -0.05) is 6.58 Å². The number of carbonyl (C=O) groups is 2. The van der Waals surface area contributed by atoms with Crippen LogP contribution in [0.25, 0.3) is 0 Å². The Bertz CT molecular complexity index is 660. The lowest BCUT2D eigenvalue weighted by Gasteiger charge is -2.37. The Labute approximate surface area is 154 Å². The van der Waals surface area contributed by atoms with Crippen LogP contribution in [0.1, 0.15) is 31.2 Å². The van der Waals surface area contributed by atoms with Crippen LogP contribution in [0.15, 0.2) is 31.1 Å². The van der Waals surface area contributed by atoms with Gasteiger partial charge in [0.1, 0.15) is 11.9 Å². The van der Waals surface area contributed by atoms with Gasteiger partial charge in [0.15, 0.2) is 0 Å². The molecule has 1 aromatic rings. The summed E-state index contributed by atoms with van der Waals surface area (Å²) in [6.07, 6.45) is 8.21. The van der Waals surface area contributed by atoms with E-state index in [-0.39, 0.29) is 23.8 Å². The standard InChI is InChI=1S/C20H27N3O3/c1-3-19(24)22-10-5-16(6-11-22)20(25)23-12-7-17(8-13-23)26-18-4-9-21-14-15(18)2/h3-4,9,14,16-17H,1,5-8,10-13H2,2H3. The van der Waals surface area contributed by atoms with Crippen molar-refractivity contribution in [1.29, 1.82) is 0 Å². The molecule has 6 nitrogen and oxygen atoms in total. The fraction of sp³-hybridized carbons (Fsp3) is 0.550. The highest BCUT2D eigenvalue weighted by molar-refractivity contribution is 5.87. The van der Waals surface area contributed by atoms with Crippen LogP contribution in [-0.4, -0.2) is 58.9 Å². The fourth-order valence-electron chi connectivity index (χ4n) is 3.70. The largest absolute Gasteiger partial charge is 0.490 e. The average Bonchev–Trinajstić information content (AvgIpc) is 2.69. The Hall–Kier alpha value is -2.37. The van der Waals surface area contributed by atoms with Crippen LogP contribution < -0.4 is 4.74 Å². The van der Waals surface area contributed by atoms with Gasteiger partial charge in [0.25, 0.3) is 0 Å². The van der Waals surface area contributed by atoms with Crippen molar-refractivity contribution >= 4 is 11.8 Å². The number of pyridine rings is 1. The molecule has 2 amide bonds. The molecule has 3 heterocycles. The summed E-state index contributed by atoms with van der Waals surface area (Å²) in [4.78, 5) is 32.2. The van der Waals surface area contributed by atoms with Gasteiger partial charge in [0.2, 0.25) is 11.8 Å². The highest BCUT2D eigenvalue weighted by Crippen LogP contribution is 2.25. The fourth-order valence-corrected chi connectivity index (χ4v) is 3.70. The van der Waals surface area contributed by atoms with E-state index in [9.17, 15) is 9.59 Å². The number of aryl methyl sites for hydroxylation is 1. The second-order valence-corrected chi connectivity index (χ2v) is 7.09. The minimum atomic E-state index is -0.0414. The molecule has 0 atom stereocenters. The van der Waals surface area contributed by atoms with Crippen molar-refractivity contribution in [1.82, 2.24) is 14.8 Å². The van der Waals surface area contributed by atoms with E-state index in [0.29, 0.717) is 13.1 Å². The van der Waals surface area contributed by atoms with Crippen molar-refractivity contribution in [2.45, 2.75) is 38.7 Å². The van der Waals surface area contributed by atoms with E-state index in [1.54, 1.807) is 17.3 Å². The quantitative estimate of drug-likeness (QED) is 0.775. The molecule has 0 radical (unpaired) electrons.